The third-order valence-electron chi connectivity index (χ3n) is 3.71. The van der Waals surface area contributed by atoms with Gasteiger partial charge >= 0.3 is 6.09 Å². The Balaban J connectivity index is 2.10. The number of fused-ring (bicyclic) bond motifs is 2. The quantitative estimate of drug-likeness (QED) is 0.654. The van der Waals surface area contributed by atoms with Crippen molar-refractivity contribution in [1.29, 1.82) is 0 Å². The molecule has 2 heterocycles. The number of rotatable bonds is 0. The summed E-state index contributed by atoms with van der Waals surface area (Å²) in [5.74, 6) is 0.0613. The molecule has 2 aliphatic rings. The van der Waals surface area contributed by atoms with Crippen molar-refractivity contribution >= 4 is 6.09 Å². The van der Waals surface area contributed by atoms with E-state index in [-0.39, 0.29) is 24.1 Å². The summed E-state index contributed by atoms with van der Waals surface area (Å²) in [5, 5.41) is 0. The molecule has 4 atom stereocenters. The number of carbonyl (C=O) groups is 1. The van der Waals surface area contributed by atoms with Crippen molar-refractivity contribution in [1.82, 2.24) is 4.90 Å². The van der Waals surface area contributed by atoms with Crippen molar-refractivity contribution < 1.29 is 13.9 Å². The van der Waals surface area contributed by atoms with Gasteiger partial charge in [0, 0.05) is 6.04 Å². The molecule has 17 heavy (non-hydrogen) atoms. The fourth-order valence-electron chi connectivity index (χ4n) is 2.99. The highest BCUT2D eigenvalue weighted by Gasteiger charge is 2.49. The molecular formula is C13H22FNO2. The summed E-state index contributed by atoms with van der Waals surface area (Å²) in [5.41, 5.74) is -0.509. The molecule has 0 aromatic rings. The van der Waals surface area contributed by atoms with Crippen molar-refractivity contribution in [3.8, 4) is 0 Å². The summed E-state index contributed by atoms with van der Waals surface area (Å²) in [4.78, 5) is 13.7. The summed E-state index contributed by atoms with van der Waals surface area (Å²) < 4.78 is 19.4. The Morgan fingerprint density at radius 1 is 1.35 bits per heavy atom. The van der Waals surface area contributed by atoms with Crippen LogP contribution in [0.2, 0.25) is 0 Å². The highest BCUT2D eigenvalue weighted by Crippen LogP contribution is 2.40. The third-order valence-corrected chi connectivity index (χ3v) is 3.71. The Morgan fingerprint density at radius 2 is 2.00 bits per heavy atom. The molecule has 98 valence electrons. The minimum atomic E-state index is -0.902. The van der Waals surface area contributed by atoms with Gasteiger partial charge in [-0.1, -0.05) is 6.92 Å². The van der Waals surface area contributed by atoms with Gasteiger partial charge in [-0.3, -0.25) is 4.90 Å². The molecule has 0 N–H and O–H groups in total. The molecule has 3 nitrogen and oxygen atoms in total. The van der Waals surface area contributed by atoms with Gasteiger partial charge in [-0.15, -0.1) is 0 Å². The van der Waals surface area contributed by atoms with Crippen LogP contribution in [0, 0.1) is 5.92 Å². The average Bonchev–Trinajstić information content (AvgIpc) is 2.51. The van der Waals surface area contributed by atoms with E-state index in [9.17, 15) is 9.18 Å². The molecule has 2 rings (SSSR count). The number of nitrogens with zero attached hydrogens (tertiary/aromatic N) is 1. The monoisotopic (exact) mass is 243 g/mol. The smallest absolute Gasteiger partial charge is 0.410 e. The van der Waals surface area contributed by atoms with Gasteiger partial charge in [0.15, 0.2) is 0 Å². The van der Waals surface area contributed by atoms with Crippen LogP contribution in [-0.2, 0) is 4.74 Å². The van der Waals surface area contributed by atoms with E-state index < -0.39 is 11.8 Å². The number of hydrogen-bond donors (Lipinski definition) is 0. The Bertz CT molecular complexity index is 313. The lowest BCUT2D eigenvalue weighted by molar-refractivity contribution is -0.0174. The van der Waals surface area contributed by atoms with E-state index in [1.54, 1.807) is 4.90 Å². The highest BCUT2D eigenvalue weighted by molar-refractivity contribution is 5.69. The van der Waals surface area contributed by atoms with Crippen LogP contribution in [0.25, 0.3) is 0 Å². The maximum absolute atomic E-state index is 14.1. The first-order valence-corrected chi connectivity index (χ1v) is 6.45. The summed E-state index contributed by atoms with van der Waals surface area (Å²) in [7, 11) is 0. The van der Waals surface area contributed by atoms with Crippen LogP contribution in [0.5, 0.6) is 0 Å². The van der Waals surface area contributed by atoms with Crippen LogP contribution in [0.1, 0.15) is 47.0 Å². The van der Waals surface area contributed by atoms with Crippen molar-refractivity contribution in [3.05, 3.63) is 0 Å². The molecule has 0 aromatic heterocycles. The van der Waals surface area contributed by atoms with Gasteiger partial charge in [-0.25, -0.2) is 9.18 Å². The number of halogens is 1. The molecule has 0 saturated carbocycles. The summed E-state index contributed by atoms with van der Waals surface area (Å²) in [6, 6.07) is -0.0875. The van der Waals surface area contributed by atoms with Gasteiger partial charge in [0.2, 0.25) is 0 Å². The number of ether oxygens (including phenoxy) is 1. The summed E-state index contributed by atoms with van der Waals surface area (Å²) in [6.07, 6.45) is 1.20. The predicted molar refractivity (Wildman–Crippen MR) is 63.6 cm³/mol. The number of alkyl halides is 1. The van der Waals surface area contributed by atoms with Crippen molar-refractivity contribution in [2.24, 2.45) is 5.92 Å². The molecule has 2 aliphatic heterocycles. The lowest BCUT2D eigenvalue weighted by Crippen LogP contribution is -2.53. The molecule has 2 fully saturated rings. The van der Waals surface area contributed by atoms with E-state index >= 15 is 0 Å². The second-order valence-corrected chi connectivity index (χ2v) is 6.34. The Morgan fingerprint density at radius 3 is 2.59 bits per heavy atom. The maximum Gasteiger partial charge on any atom is 0.410 e. The summed E-state index contributed by atoms with van der Waals surface area (Å²) >= 11 is 0. The summed E-state index contributed by atoms with van der Waals surface area (Å²) in [6.45, 7) is 7.45. The molecule has 1 amide bonds. The molecule has 0 aromatic carbocycles. The zero-order valence-corrected chi connectivity index (χ0v) is 11.1. The fourth-order valence-corrected chi connectivity index (χ4v) is 2.99. The fraction of sp³-hybridized carbons (Fsp3) is 0.923. The zero-order chi connectivity index (χ0) is 12.8. The normalized spacial score (nSPS) is 37.1. The standard InChI is InChI=1S/C13H22FNO2/c1-8-7-9-5-6-10(11(8)14)15(9)12(16)17-13(2,3)4/h8-11H,5-7H2,1-4H3/t8-,9-,10+,11-/m1/s1. The van der Waals surface area contributed by atoms with Crippen LogP contribution in [-0.4, -0.2) is 34.8 Å². The van der Waals surface area contributed by atoms with Gasteiger partial charge in [-0.05, 0) is 46.0 Å². The molecule has 0 unspecified atom stereocenters. The largest absolute Gasteiger partial charge is 0.444 e. The number of amides is 1. The van der Waals surface area contributed by atoms with Crippen LogP contribution >= 0.6 is 0 Å². The van der Waals surface area contributed by atoms with E-state index in [4.69, 9.17) is 4.74 Å². The average molecular weight is 243 g/mol. The van der Waals surface area contributed by atoms with E-state index in [0.717, 1.165) is 19.3 Å². The van der Waals surface area contributed by atoms with E-state index in [0.29, 0.717) is 0 Å². The topological polar surface area (TPSA) is 29.5 Å². The number of hydrogen-bond acceptors (Lipinski definition) is 2. The SMILES string of the molecule is C[C@@H]1C[C@H]2CC[C@@H]([C@@H]1F)N2C(=O)OC(C)(C)C. The van der Waals surface area contributed by atoms with E-state index in [2.05, 4.69) is 0 Å². The Kier molecular flexibility index (Phi) is 3.08. The molecule has 2 bridgehead atoms. The highest BCUT2D eigenvalue weighted by atomic mass is 19.1. The van der Waals surface area contributed by atoms with Crippen LogP contribution in [0.15, 0.2) is 0 Å². The van der Waals surface area contributed by atoms with Crippen LogP contribution < -0.4 is 0 Å². The van der Waals surface area contributed by atoms with Gasteiger partial charge in [0.25, 0.3) is 0 Å². The van der Waals surface area contributed by atoms with Crippen LogP contribution in [0.4, 0.5) is 9.18 Å². The van der Waals surface area contributed by atoms with Crippen molar-refractivity contribution in [2.45, 2.75) is 70.8 Å². The van der Waals surface area contributed by atoms with Gasteiger partial charge in [0.1, 0.15) is 11.8 Å². The van der Waals surface area contributed by atoms with Gasteiger partial charge < -0.3 is 4.74 Å². The third kappa shape index (κ3) is 2.40. The lowest BCUT2D eigenvalue weighted by Gasteiger charge is -2.40. The van der Waals surface area contributed by atoms with E-state index in [1.165, 1.54) is 0 Å². The van der Waals surface area contributed by atoms with Gasteiger partial charge in [0.05, 0.1) is 6.04 Å². The van der Waals surface area contributed by atoms with Crippen molar-refractivity contribution in [3.63, 3.8) is 0 Å². The molecule has 0 aliphatic carbocycles. The Hall–Kier alpha value is -0.800. The van der Waals surface area contributed by atoms with Crippen molar-refractivity contribution in [2.75, 3.05) is 0 Å². The first-order valence-electron chi connectivity index (χ1n) is 6.45. The Labute approximate surface area is 102 Å². The molecule has 2 saturated heterocycles. The van der Waals surface area contributed by atoms with E-state index in [1.807, 2.05) is 27.7 Å². The molecule has 4 heteroatoms. The van der Waals surface area contributed by atoms with Gasteiger partial charge in [-0.2, -0.15) is 0 Å². The molecule has 0 spiro atoms. The lowest BCUT2D eigenvalue weighted by atomic mass is 9.91. The minimum Gasteiger partial charge on any atom is -0.444 e. The minimum absolute atomic E-state index is 0.0613. The van der Waals surface area contributed by atoms with Crippen LogP contribution in [0.3, 0.4) is 0 Å². The second-order valence-electron chi connectivity index (χ2n) is 6.34. The number of carbonyl (C=O) groups excluding carboxylic acids is 1. The predicted octanol–water partition coefficient (Wildman–Crippen LogP) is 3.13. The second kappa shape index (κ2) is 4.14. The molecule has 0 radical (unpaired) electrons. The maximum atomic E-state index is 14.1. The first kappa shape index (κ1) is 12.7. The first-order chi connectivity index (χ1) is 7.79. The molecular weight excluding hydrogens is 221 g/mol. The zero-order valence-electron chi connectivity index (χ0n) is 11.1. The number of piperidine rings is 1.